The minimum Gasteiger partial charge on any atom is -0.357 e. The maximum Gasteiger partial charge on any atom is 0.191 e. The Hall–Kier alpha value is -2.37. The van der Waals surface area contributed by atoms with Gasteiger partial charge >= 0.3 is 0 Å². The monoisotopic (exact) mass is 331 g/mol. The molecule has 0 radical (unpaired) electrons. The van der Waals surface area contributed by atoms with Gasteiger partial charge in [-0.2, -0.15) is 5.10 Å². The highest BCUT2D eigenvalue weighted by molar-refractivity contribution is 5.80. The molecule has 1 atom stereocenters. The molecule has 0 fully saturated rings. The molecule has 0 saturated heterocycles. The van der Waals surface area contributed by atoms with E-state index in [0.717, 1.165) is 36.7 Å². The molecule has 6 heteroatoms. The van der Waals surface area contributed by atoms with Crippen molar-refractivity contribution in [1.82, 2.24) is 20.4 Å². The lowest BCUT2D eigenvalue weighted by Gasteiger charge is -2.15. The molecule has 0 spiro atoms. The molecule has 0 aliphatic carbocycles. The molecule has 1 unspecified atom stereocenters. The SMILES string of the molecule is CCNC(=NCCc1ccn(-c2ccc(F)cc2)n1)NC(C)CC. The number of nitrogens with zero attached hydrogens (tertiary/aromatic N) is 3. The van der Waals surface area contributed by atoms with Gasteiger partial charge in [0.15, 0.2) is 5.96 Å². The van der Waals surface area contributed by atoms with E-state index in [0.29, 0.717) is 12.6 Å². The summed E-state index contributed by atoms with van der Waals surface area (Å²) >= 11 is 0. The van der Waals surface area contributed by atoms with E-state index in [2.05, 4.69) is 41.5 Å². The molecular weight excluding hydrogens is 305 g/mol. The van der Waals surface area contributed by atoms with Gasteiger partial charge in [-0.05, 0) is 50.6 Å². The van der Waals surface area contributed by atoms with Gasteiger partial charge in [-0.3, -0.25) is 4.99 Å². The zero-order chi connectivity index (χ0) is 17.4. The molecule has 0 aliphatic rings. The van der Waals surface area contributed by atoms with Crippen LogP contribution in [0.5, 0.6) is 0 Å². The van der Waals surface area contributed by atoms with Crippen LogP contribution in [0.2, 0.25) is 0 Å². The molecule has 5 nitrogen and oxygen atoms in total. The van der Waals surface area contributed by atoms with Crippen LogP contribution in [-0.2, 0) is 6.42 Å². The van der Waals surface area contributed by atoms with Gasteiger partial charge in [0.1, 0.15) is 5.82 Å². The third kappa shape index (κ3) is 5.37. The molecule has 2 N–H and O–H groups in total. The Bertz CT molecular complexity index is 648. The van der Waals surface area contributed by atoms with Gasteiger partial charge in [-0.25, -0.2) is 9.07 Å². The summed E-state index contributed by atoms with van der Waals surface area (Å²) < 4.78 is 14.7. The fourth-order valence-electron chi connectivity index (χ4n) is 2.17. The van der Waals surface area contributed by atoms with Crippen LogP contribution >= 0.6 is 0 Å². The van der Waals surface area contributed by atoms with Crippen molar-refractivity contribution in [2.75, 3.05) is 13.1 Å². The quantitative estimate of drug-likeness (QED) is 0.606. The highest BCUT2D eigenvalue weighted by Gasteiger charge is 2.04. The van der Waals surface area contributed by atoms with Gasteiger partial charge in [-0.15, -0.1) is 0 Å². The number of hydrogen-bond donors (Lipinski definition) is 2. The van der Waals surface area contributed by atoms with Gasteiger partial charge < -0.3 is 10.6 Å². The van der Waals surface area contributed by atoms with E-state index in [-0.39, 0.29) is 5.82 Å². The molecule has 1 aromatic carbocycles. The maximum absolute atomic E-state index is 13.0. The Morgan fingerprint density at radius 1 is 1.25 bits per heavy atom. The molecule has 2 aromatic rings. The lowest BCUT2D eigenvalue weighted by molar-refractivity contribution is 0.624. The Morgan fingerprint density at radius 3 is 2.67 bits per heavy atom. The summed E-state index contributed by atoms with van der Waals surface area (Å²) in [6, 6.07) is 8.65. The van der Waals surface area contributed by atoms with Crippen LogP contribution < -0.4 is 10.6 Å². The van der Waals surface area contributed by atoms with Crippen molar-refractivity contribution in [3.05, 3.63) is 48.0 Å². The van der Waals surface area contributed by atoms with Crippen molar-refractivity contribution in [1.29, 1.82) is 0 Å². The minimum absolute atomic E-state index is 0.245. The summed E-state index contributed by atoms with van der Waals surface area (Å²) in [5, 5.41) is 11.1. The van der Waals surface area contributed by atoms with Crippen LogP contribution in [-0.4, -0.2) is 34.9 Å². The maximum atomic E-state index is 13.0. The fraction of sp³-hybridized carbons (Fsp3) is 0.444. The number of guanidine groups is 1. The topological polar surface area (TPSA) is 54.2 Å². The third-order valence-electron chi connectivity index (χ3n) is 3.71. The number of aliphatic imine (C=N–C) groups is 1. The van der Waals surface area contributed by atoms with E-state index in [1.165, 1.54) is 12.1 Å². The minimum atomic E-state index is -0.245. The molecular formula is C18H26FN5. The summed E-state index contributed by atoms with van der Waals surface area (Å²) in [6.07, 6.45) is 3.69. The average Bonchev–Trinajstić information content (AvgIpc) is 3.04. The van der Waals surface area contributed by atoms with Crippen molar-refractivity contribution >= 4 is 5.96 Å². The van der Waals surface area contributed by atoms with Gasteiger partial charge in [0.05, 0.1) is 11.4 Å². The summed E-state index contributed by atoms with van der Waals surface area (Å²) in [5.74, 6) is 0.593. The third-order valence-corrected chi connectivity index (χ3v) is 3.71. The predicted octanol–water partition coefficient (Wildman–Crippen LogP) is 2.91. The molecule has 1 heterocycles. The van der Waals surface area contributed by atoms with Gasteiger partial charge in [0.25, 0.3) is 0 Å². The van der Waals surface area contributed by atoms with Crippen LogP contribution in [0.1, 0.15) is 32.9 Å². The van der Waals surface area contributed by atoms with Gasteiger partial charge in [0, 0.05) is 31.7 Å². The summed E-state index contributed by atoms with van der Waals surface area (Å²) in [4.78, 5) is 4.59. The van der Waals surface area contributed by atoms with Crippen molar-refractivity contribution < 1.29 is 4.39 Å². The number of benzene rings is 1. The standard InChI is InChI=1S/C18H26FN5/c1-4-14(3)22-18(20-5-2)21-12-10-16-11-13-24(23-16)17-8-6-15(19)7-9-17/h6-9,11,13-14H,4-5,10,12H2,1-3H3,(H2,20,21,22). The molecule has 130 valence electrons. The summed E-state index contributed by atoms with van der Waals surface area (Å²) in [6.45, 7) is 7.83. The first-order chi connectivity index (χ1) is 11.6. The Morgan fingerprint density at radius 2 is 2.00 bits per heavy atom. The van der Waals surface area contributed by atoms with Crippen LogP contribution in [0.15, 0.2) is 41.5 Å². The summed E-state index contributed by atoms with van der Waals surface area (Å²) in [5.41, 5.74) is 1.81. The van der Waals surface area contributed by atoms with Gasteiger partial charge in [-0.1, -0.05) is 6.92 Å². The first-order valence-corrected chi connectivity index (χ1v) is 8.47. The molecule has 2 rings (SSSR count). The van der Waals surface area contributed by atoms with E-state index in [1.54, 1.807) is 16.8 Å². The molecule has 0 saturated carbocycles. The van der Waals surface area contributed by atoms with Crippen LogP contribution in [0.4, 0.5) is 4.39 Å². The molecule has 0 amide bonds. The highest BCUT2D eigenvalue weighted by atomic mass is 19.1. The predicted molar refractivity (Wildman–Crippen MR) is 96.1 cm³/mol. The first kappa shape index (κ1) is 18.0. The smallest absolute Gasteiger partial charge is 0.191 e. The number of aromatic nitrogens is 2. The number of rotatable bonds is 7. The van der Waals surface area contributed by atoms with Crippen LogP contribution in [0.25, 0.3) is 5.69 Å². The second-order valence-electron chi connectivity index (χ2n) is 5.69. The first-order valence-electron chi connectivity index (χ1n) is 8.47. The Balaban J connectivity index is 1.94. The van der Waals surface area contributed by atoms with E-state index < -0.39 is 0 Å². The average molecular weight is 331 g/mol. The van der Waals surface area contributed by atoms with E-state index in [4.69, 9.17) is 0 Å². The number of hydrogen-bond acceptors (Lipinski definition) is 2. The van der Waals surface area contributed by atoms with Crippen molar-refractivity contribution in [3.8, 4) is 5.69 Å². The molecule has 1 aromatic heterocycles. The Labute approximate surface area is 143 Å². The number of halogens is 1. The van der Waals surface area contributed by atoms with Crippen molar-refractivity contribution in [2.45, 2.75) is 39.7 Å². The Kier molecular flexibility index (Phi) is 6.78. The van der Waals surface area contributed by atoms with E-state index in [9.17, 15) is 4.39 Å². The number of nitrogens with one attached hydrogen (secondary N) is 2. The fourth-order valence-corrected chi connectivity index (χ4v) is 2.17. The molecule has 24 heavy (non-hydrogen) atoms. The van der Waals surface area contributed by atoms with Gasteiger partial charge in [0.2, 0.25) is 0 Å². The largest absolute Gasteiger partial charge is 0.357 e. The normalized spacial score (nSPS) is 12.9. The highest BCUT2D eigenvalue weighted by Crippen LogP contribution is 2.09. The van der Waals surface area contributed by atoms with Crippen molar-refractivity contribution in [3.63, 3.8) is 0 Å². The lowest BCUT2D eigenvalue weighted by atomic mass is 10.3. The second kappa shape index (κ2) is 9.05. The van der Waals surface area contributed by atoms with E-state index in [1.807, 2.05) is 12.3 Å². The second-order valence-corrected chi connectivity index (χ2v) is 5.69. The van der Waals surface area contributed by atoms with E-state index >= 15 is 0 Å². The zero-order valence-electron chi connectivity index (χ0n) is 14.6. The summed E-state index contributed by atoms with van der Waals surface area (Å²) in [7, 11) is 0. The lowest BCUT2D eigenvalue weighted by Crippen LogP contribution is -2.42. The van der Waals surface area contributed by atoms with Crippen molar-refractivity contribution in [2.24, 2.45) is 4.99 Å². The van der Waals surface area contributed by atoms with Crippen LogP contribution in [0, 0.1) is 5.82 Å². The molecule has 0 aliphatic heterocycles. The van der Waals surface area contributed by atoms with Crippen LogP contribution in [0.3, 0.4) is 0 Å². The molecule has 0 bridgehead atoms. The zero-order valence-corrected chi connectivity index (χ0v) is 14.6.